The molecule has 0 amide bonds. The highest BCUT2D eigenvalue weighted by Crippen LogP contribution is 2.24. The minimum Gasteiger partial charge on any atom is -0.362 e. The topological polar surface area (TPSA) is 61.6 Å². The summed E-state index contributed by atoms with van der Waals surface area (Å²) in [5.74, 6) is 1.15. The van der Waals surface area contributed by atoms with Crippen molar-refractivity contribution < 1.29 is 0 Å². The van der Waals surface area contributed by atoms with Crippen molar-refractivity contribution >= 4 is 17.2 Å². The van der Waals surface area contributed by atoms with E-state index in [2.05, 4.69) is 34.5 Å². The van der Waals surface area contributed by atoms with Gasteiger partial charge in [-0.3, -0.25) is 0 Å². The Morgan fingerprint density at radius 3 is 2.68 bits per heavy atom. The van der Waals surface area contributed by atoms with Gasteiger partial charge in [0.05, 0.1) is 16.7 Å². The number of rotatable bonds is 4. The van der Waals surface area contributed by atoms with Gasteiger partial charge in [-0.05, 0) is 19.1 Å². The third-order valence-corrected chi connectivity index (χ3v) is 3.87. The number of nitrogens with one attached hydrogen (secondary N) is 1. The van der Waals surface area contributed by atoms with Crippen molar-refractivity contribution in [3.63, 3.8) is 0 Å². The van der Waals surface area contributed by atoms with Gasteiger partial charge in [0.2, 0.25) is 0 Å². The summed E-state index contributed by atoms with van der Waals surface area (Å²) >= 11 is 1.68. The van der Waals surface area contributed by atoms with Gasteiger partial charge in [-0.1, -0.05) is 19.9 Å². The summed E-state index contributed by atoms with van der Waals surface area (Å²) in [4.78, 5) is 8.81. The number of hydrogen-bond acceptors (Lipinski definition) is 5. The van der Waals surface area contributed by atoms with Crippen molar-refractivity contribution in [2.45, 2.75) is 32.7 Å². The fraction of sp³-hybridized carbons (Fsp3) is 0.357. The van der Waals surface area contributed by atoms with Crippen LogP contribution in [0, 0.1) is 11.3 Å². The van der Waals surface area contributed by atoms with Crippen LogP contribution in [-0.4, -0.2) is 9.97 Å². The Hall–Kier alpha value is -1.93. The minimum atomic E-state index is 0.0743. The molecule has 2 heterocycles. The predicted molar refractivity (Wildman–Crippen MR) is 77.2 cm³/mol. The molecule has 0 saturated heterocycles. The highest BCUT2D eigenvalue weighted by Gasteiger charge is 2.12. The second-order valence-corrected chi connectivity index (χ2v) is 5.54. The molecule has 5 heteroatoms. The molecule has 1 atom stereocenters. The molecule has 0 aromatic carbocycles. The van der Waals surface area contributed by atoms with Gasteiger partial charge in [0.15, 0.2) is 0 Å². The molecule has 0 radical (unpaired) electrons. The maximum Gasteiger partial charge on any atom is 0.142 e. The van der Waals surface area contributed by atoms with Crippen LogP contribution < -0.4 is 5.32 Å². The molecule has 0 aliphatic rings. The van der Waals surface area contributed by atoms with E-state index in [-0.39, 0.29) is 6.04 Å². The fourth-order valence-electron chi connectivity index (χ4n) is 1.64. The molecule has 1 unspecified atom stereocenters. The van der Waals surface area contributed by atoms with Crippen LogP contribution in [0.4, 0.5) is 5.82 Å². The molecule has 0 spiro atoms. The quantitative estimate of drug-likeness (QED) is 0.921. The van der Waals surface area contributed by atoms with Crippen LogP contribution >= 0.6 is 11.3 Å². The van der Waals surface area contributed by atoms with E-state index in [0.29, 0.717) is 17.4 Å². The molecule has 2 aromatic rings. The first-order chi connectivity index (χ1) is 9.10. The first-order valence-corrected chi connectivity index (χ1v) is 7.07. The van der Waals surface area contributed by atoms with E-state index in [0.717, 1.165) is 10.7 Å². The van der Waals surface area contributed by atoms with Gasteiger partial charge < -0.3 is 5.32 Å². The van der Waals surface area contributed by atoms with Crippen LogP contribution in [0.3, 0.4) is 0 Å². The summed E-state index contributed by atoms with van der Waals surface area (Å²) in [5, 5.41) is 15.3. The van der Waals surface area contributed by atoms with Crippen molar-refractivity contribution in [2.75, 3.05) is 5.32 Å². The largest absolute Gasteiger partial charge is 0.362 e. The average Bonchev–Trinajstić information content (AvgIpc) is 2.89. The molecule has 2 rings (SSSR count). The minimum absolute atomic E-state index is 0.0743. The van der Waals surface area contributed by atoms with Crippen LogP contribution in [0.2, 0.25) is 0 Å². The van der Waals surface area contributed by atoms with Gasteiger partial charge in [0.1, 0.15) is 17.6 Å². The zero-order chi connectivity index (χ0) is 13.8. The molecule has 0 fully saturated rings. The van der Waals surface area contributed by atoms with Crippen molar-refractivity contribution in [3.05, 3.63) is 40.0 Å². The summed E-state index contributed by atoms with van der Waals surface area (Å²) < 4.78 is 0. The first-order valence-electron chi connectivity index (χ1n) is 6.19. The Morgan fingerprint density at radius 2 is 2.05 bits per heavy atom. The third-order valence-electron chi connectivity index (χ3n) is 2.71. The molecule has 0 aliphatic carbocycles. The van der Waals surface area contributed by atoms with Crippen molar-refractivity contribution in [2.24, 2.45) is 0 Å². The predicted octanol–water partition coefficient (Wildman–Crippen LogP) is 3.71. The Morgan fingerprint density at radius 1 is 1.26 bits per heavy atom. The molecule has 4 nitrogen and oxygen atoms in total. The number of nitriles is 1. The van der Waals surface area contributed by atoms with E-state index in [1.54, 1.807) is 17.4 Å². The van der Waals surface area contributed by atoms with Crippen LogP contribution in [-0.2, 0) is 0 Å². The van der Waals surface area contributed by atoms with Gasteiger partial charge in [0, 0.05) is 11.3 Å². The number of nitrogens with zero attached hydrogens (tertiary/aromatic N) is 3. The van der Waals surface area contributed by atoms with Crippen molar-refractivity contribution in [3.8, 4) is 6.07 Å². The lowest BCUT2D eigenvalue weighted by molar-refractivity contribution is 0.798. The average molecular weight is 272 g/mol. The highest BCUT2D eigenvalue weighted by atomic mass is 32.1. The number of aromatic nitrogens is 2. The van der Waals surface area contributed by atoms with E-state index >= 15 is 0 Å². The maximum absolute atomic E-state index is 8.83. The normalized spacial score (nSPS) is 12.2. The number of hydrogen-bond donors (Lipinski definition) is 1. The molecule has 1 N–H and O–H groups in total. The Bertz CT molecular complexity index is 597. The Balaban J connectivity index is 2.11. The maximum atomic E-state index is 8.83. The molecule has 98 valence electrons. The van der Waals surface area contributed by atoms with Gasteiger partial charge in [-0.25, -0.2) is 9.97 Å². The monoisotopic (exact) mass is 272 g/mol. The first kappa shape index (κ1) is 13.5. The van der Waals surface area contributed by atoms with Crippen molar-refractivity contribution in [1.29, 1.82) is 5.26 Å². The lowest BCUT2D eigenvalue weighted by Gasteiger charge is -2.12. The summed E-state index contributed by atoms with van der Waals surface area (Å²) in [6.45, 7) is 6.32. The Labute approximate surface area is 117 Å². The summed E-state index contributed by atoms with van der Waals surface area (Å²) in [7, 11) is 0. The van der Waals surface area contributed by atoms with E-state index in [4.69, 9.17) is 5.26 Å². The van der Waals surface area contributed by atoms with Crippen molar-refractivity contribution in [1.82, 2.24) is 9.97 Å². The van der Waals surface area contributed by atoms with E-state index in [1.165, 1.54) is 0 Å². The smallest absolute Gasteiger partial charge is 0.142 e. The molecule has 0 aliphatic heterocycles. The van der Waals surface area contributed by atoms with E-state index < -0.39 is 0 Å². The summed E-state index contributed by atoms with van der Waals surface area (Å²) in [6, 6.07) is 7.47. The molecule has 0 bridgehead atoms. The zero-order valence-electron chi connectivity index (χ0n) is 11.2. The van der Waals surface area contributed by atoms with Gasteiger partial charge in [-0.2, -0.15) is 5.26 Å². The summed E-state index contributed by atoms with van der Waals surface area (Å²) in [5.41, 5.74) is 1.43. The molecule has 2 aromatic heterocycles. The van der Waals surface area contributed by atoms with Crippen LogP contribution in [0.15, 0.2) is 23.6 Å². The molecular formula is C14H16N4S. The highest BCUT2D eigenvalue weighted by molar-refractivity contribution is 7.09. The van der Waals surface area contributed by atoms with E-state index in [9.17, 15) is 0 Å². The van der Waals surface area contributed by atoms with E-state index in [1.807, 2.05) is 25.1 Å². The standard InChI is InChI=1S/C14H16N4S/c1-9(2)14-18-12(8-19-14)10(3)16-13-6-4-5-11(7-15)17-13/h4-6,8-10H,1-3H3,(H,16,17). The zero-order valence-corrected chi connectivity index (χ0v) is 12.0. The van der Waals surface area contributed by atoms with Gasteiger partial charge in [0.25, 0.3) is 0 Å². The second-order valence-electron chi connectivity index (χ2n) is 4.65. The number of thiazole rings is 1. The number of pyridine rings is 1. The van der Waals surface area contributed by atoms with Crippen LogP contribution in [0.5, 0.6) is 0 Å². The van der Waals surface area contributed by atoms with Crippen LogP contribution in [0.25, 0.3) is 0 Å². The second kappa shape index (κ2) is 5.81. The third kappa shape index (κ3) is 3.30. The van der Waals surface area contributed by atoms with Crippen LogP contribution in [0.1, 0.15) is 49.1 Å². The Kier molecular flexibility index (Phi) is 4.13. The number of anilines is 1. The molecule has 19 heavy (non-hydrogen) atoms. The SMILES string of the molecule is CC(C)c1nc(C(C)Nc2cccc(C#N)n2)cs1. The summed E-state index contributed by atoms with van der Waals surface area (Å²) in [6.07, 6.45) is 0. The van der Waals surface area contributed by atoms with Gasteiger partial charge >= 0.3 is 0 Å². The van der Waals surface area contributed by atoms with Gasteiger partial charge in [-0.15, -0.1) is 11.3 Å². The lowest BCUT2D eigenvalue weighted by atomic mass is 10.2. The molecule has 0 saturated carbocycles. The lowest BCUT2D eigenvalue weighted by Crippen LogP contribution is -2.08. The fourth-order valence-corrected chi connectivity index (χ4v) is 2.57. The molecular weight excluding hydrogens is 256 g/mol.